The van der Waals surface area contributed by atoms with Crippen molar-refractivity contribution < 1.29 is 19.1 Å². The SMILES string of the molecule is COC(=O)c1ccc(NC(=O)c2cccc(NC(=O)C3CC3)c2)cc1. The van der Waals surface area contributed by atoms with Gasteiger partial charge in [0.2, 0.25) is 5.91 Å². The molecule has 1 aliphatic carbocycles. The van der Waals surface area contributed by atoms with Crippen LogP contribution in [-0.4, -0.2) is 24.9 Å². The van der Waals surface area contributed by atoms with E-state index in [1.54, 1.807) is 48.5 Å². The lowest BCUT2D eigenvalue weighted by atomic mass is 10.1. The van der Waals surface area contributed by atoms with Crippen molar-refractivity contribution in [3.8, 4) is 0 Å². The van der Waals surface area contributed by atoms with E-state index in [-0.39, 0.29) is 17.7 Å². The van der Waals surface area contributed by atoms with Gasteiger partial charge in [-0.05, 0) is 55.3 Å². The highest BCUT2D eigenvalue weighted by Gasteiger charge is 2.29. The van der Waals surface area contributed by atoms with Crippen LogP contribution in [0.4, 0.5) is 11.4 Å². The van der Waals surface area contributed by atoms with E-state index in [1.165, 1.54) is 7.11 Å². The predicted octanol–water partition coefficient (Wildman–Crippen LogP) is 3.07. The Hall–Kier alpha value is -3.15. The second-order valence-corrected chi connectivity index (χ2v) is 5.87. The van der Waals surface area contributed by atoms with Crippen LogP contribution in [0.25, 0.3) is 0 Å². The molecule has 0 aromatic heterocycles. The molecule has 1 fully saturated rings. The summed E-state index contributed by atoms with van der Waals surface area (Å²) in [6, 6.07) is 13.2. The summed E-state index contributed by atoms with van der Waals surface area (Å²) >= 11 is 0. The van der Waals surface area contributed by atoms with Gasteiger partial charge in [0.15, 0.2) is 0 Å². The highest BCUT2D eigenvalue weighted by Crippen LogP contribution is 2.30. The molecule has 0 spiro atoms. The van der Waals surface area contributed by atoms with E-state index in [1.807, 2.05) is 0 Å². The Morgan fingerprint density at radius 1 is 0.920 bits per heavy atom. The number of amides is 2. The minimum atomic E-state index is -0.433. The first-order valence-electron chi connectivity index (χ1n) is 7.97. The zero-order chi connectivity index (χ0) is 17.8. The summed E-state index contributed by atoms with van der Waals surface area (Å²) in [5, 5.41) is 5.57. The molecule has 6 nitrogen and oxygen atoms in total. The third-order valence-electron chi connectivity index (χ3n) is 3.90. The van der Waals surface area contributed by atoms with Crippen molar-refractivity contribution in [1.82, 2.24) is 0 Å². The molecule has 128 valence electrons. The first-order valence-corrected chi connectivity index (χ1v) is 7.97. The fourth-order valence-electron chi connectivity index (χ4n) is 2.34. The van der Waals surface area contributed by atoms with Gasteiger partial charge in [-0.25, -0.2) is 4.79 Å². The molecule has 2 aromatic rings. The van der Waals surface area contributed by atoms with Crippen LogP contribution < -0.4 is 10.6 Å². The molecule has 0 aliphatic heterocycles. The van der Waals surface area contributed by atoms with Crippen molar-refractivity contribution in [1.29, 1.82) is 0 Å². The maximum atomic E-state index is 12.4. The van der Waals surface area contributed by atoms with Gasteiger partial charge in [0, 0.05) is 22.9 Å². The summed E-state index contributed by atoms with van der Waals surface area (Å²) in [4.78, 5) is 35.6. The predicted molar refractivity (Wildman–Crippen MR) is 93.5 cm³/mol. The van der Waals surface area contributed by atoms with Crippen LogP contribution in [-0.2, 0) is 9.53 Å². The molecule has 0 unspecified atom stereocenters. The molecule has 25 heavy (non-hydrogen) atoms. The van der Waals surface area contributed by atoms with Crippen LogP contribution in [0.1, 0.15) is 33.6 Å². The molecule has 0 heterocycles. The minimum Gasteiger partial charge on any atom is -0.465 e. The average Bonchev–Trinajstić information content (AvgIpc) is 3.47. The molecule has 6 heteroatoms. The first-order chi connectivity index (χ1) is 12.1. The van der Waals surface area contributed by atoms with Gasteiger partial charge in [-0.3, -0.25) is 9.59 Å². The Bertz CT molecular complexity index is 810. The number of carbonyl (C=O) groups excluding carboxylic acids is 3. The third kappa shape index (κ3) is 4.23. The number of anilines is 2. The van der Waals surface area contributed by atoms with Crippen LogP contribution in [0.15, 0.2) is 48.5 Å². The van der Waals surface area contributed by atoms with E-state index in [0.29, 0.717) is 22.5 Å². The lowest BCUT2D eigenvalue weighted by Crippen LogP contribution is -2.15. The van der Waals surface area contributed by atoms with Crippen molar-refractivity contribution in [3.63, 3.8) is 0 Å². The maximum absolute atomic E-state index is 12.4. The molecule has 2 amide bonds. The Morgan fingerprint density at radius 3 is 2.28 bits per heavy atom. The molecule has 1 aliphatic rings. The molecule has 3 rings (SSSR count). The summed E-state index contributed by atoms with van der Waals surface area (Å²) in [5.41, 5.74) is 2.01. The lowest BCUT2D eigenvalue weighted by molar-refractivity contribution is -0.117. The molecule has 0 radical (unpaired) electrons. The van der Waals surface area contributed by atoms with Gasteiger partial charge in [-0.2, -0.15) is 0 Å². The van der Waals surface area contributed by atoms with Crippen LogP contribution in [0, 0.1) is 5.92 Å². The second kappa shape index (κ2) is 7.17. The van der Waals surface area contributed by atoms with Gasteiger partial charge in [0.1, 0.15) is 0 Å². The Labute approximate surface area is 145 Å². The highest BCUT2D eigenvalue weighted by atomic mass is 16.5. The van der Waals surface area contributed by atoms with E-state index < -0.39 is 5.97 Å². The fourth-order valence-corrected chi connectivity index (χ4v) is 2.34. The summed E-state index contributed by atoms with van der Waals surface area (Å²) in [7, 11) is 1.31. The number of methoxy groups -OCH3 is 1. The fraction of sp³-hybridized carbons (Fsp3) is 0.211. The van der Waals surface area contributed by atoms with E-state index in [0.717, 1.165) is 12.8 Å². The van der Waals surface area contributed by atoms with Crippen LogP contribution in [0.3, 0.4) is 0 Å². The Balaban J connectivity index is 1.66. The van der Waals surface area contributed by atoms with Gasteiger partial charge in [-0.15, -0.1) is 0 Å². The molecular weight excluding hydrogens is 320 g/mol. The van der Waals surface area contributed by atoms with Crippen LogP contribution >= 0.6 is 0 Å². The number of nitrogens with one attached hydrogen (secondary N) is 2. The van der Waals surface area contributed by atoms with E-state index in [9.17, 15) is 14.4 Å². The average molecular weight is 338 g/mol. The van der Waals surface area contributed by atoms with Crippen molar-refractivity contribution in [2.45, 2.75) is 12.8 Å². The quantitative estimate of drug-likeness (QED) is 0.821. The zero-order valence-electron chi connectivity index (χ0n) is 13.7. The topological polar surface area (TPSA) is 84.5 Å². The monoisotopic (exact) mass is 338 g/mol. The normalized spacial score (nSPS) is 13.0. The number of hydrogen-bond donors (Lipinski definition) is 2. The van der Waals surface area contributed by atoms with E-state index >= 15 is 0 Å². The number of rotatable bonds is 5. The summed E-state index contributed by atoms with van der Waals surface area (Å²) in [5.74, 6) is -0.632. The van der Waals surface area contributed by atoms with Gasteiger partial charge in [0.25, 0.3) is 5.91 Å². The molecule has 2 aromatic carbocycles. The molecule has 0 saturated heterocycles. The Kier molecular flexibility index (Phi) is 4.79. The molecule has 1 saturated carbocycles. The van der Waals surface area contributed by atoms with Crippen molar-refractivity contribution in [2.75, 3.05) is 17.7 Å². The Morgan fingerprint density at radius 2 is 1.64 bits per heavy atom. The first kappa shape index (κ1) is 16.7. The number of hydrogen-bond acceptors (Lipinski definition) is 4. The highest BCUT2D eigenvalue weighted by molar-refractivity contribution is 6.05. The van der Waals surface area contributed by atoms with Gasteiger partial charge in [0.05, 0.1) is 12.7 Å². The van der Waals surface area contributed by atoms with Crippen molar-refractivity contribution >= 4 is 29.2 Å². The lowest BCUT2D eigenvalue weighted by Gasteiger charge is -2.08. The molecule has 0 bridgehead atoms. The van der Waals surface area contributed by atoms with Gasteiger partial charge in [-0.1, -0.05) is 6.07 Å². The number of esters is 1. The van der Waals surface area contributed by atoms with Gasteiger partial charge < -0.3 is 15.4 Å². The van der Waals surface area contributed by atoms with Gasteiger partial charge >= 0.3 is 5.97 Å². The van der Waals surface area contributed by atoms with E-state index in [4.69, 9.17) is 0 Å². The zero-order valence-corrected chi connectivity index (χ0v) is 13.7. The molecule has 0 atom stereocenters. The van der Waals surface area contributed by atoms with E-state index in [2.05, 4.69) is 15.4 Å². The number of ether oxygens (including phenoxy) is 1. The maximum Gasteiger partial charge on any atom is 0.337 e. The summed E-state index contributed by atoms with van der Waals surface area (Å²) < 4.78 is 4.63. The smallest absolute Gasteiger partial charge is 0.337 e. The number of carbonyl (C=O) groups is 3. The summed E-state index contributed by atoms with van der Waals surface area (Å²) in [6.45, 7) is 0. The number of benzene rings is 2. The van der Waals surface area contributed by atoms with Crippen molar-refractivity contribution in [2.24, 2.45) is 5.92 Å². The largest absolute Gasteiger partial charge is 0.465 e. The minimum absolute atomic E-state index is 0.00374. The standard InChI is InChI=1S/C19H18N2O4/c1-25-19(24)13-7-9-15(10-8-13)20-18(23)14-3-2-4-16(11-14)21-17(22)12-5-6-12/h2-4,7-12H,5-6H2,1H3,(H,20,23)(H,21,22). The summed E-state index contributed by atoms with van der Waals surface area (Å²) in [6.07, 6.45) is 1.85. The molecule has 2 N–H and O–H groups in total. The third-order valence-corrected chi connectivity index (χ3v) is 3.90. The second-order valence-electron chi connectivity index (χ2n) is 5.87. The van der Waals surface area contributed by atoms with Crippen molar-refractivity contribution in [3.05, 3.63) is 59.7 Å². The molecular formula is C19H18N2O4. The van der Waals surface area contributed by atoms with Crippen LogP contribution in [0.5, 0.6) is 0 Å². The van der Waals surface area contributed by atoms with Crippen LogP contribution in [0.2, 0.25) is 0 Å².